The van der Waals surface area contributed by atoms with E-state index in [1.165, 1.54) is 25.7 Å². The smallest absolute Gasteiger partial charge is 0.0672 e. The van der Waals surface area contributed by atoms with Gasteiger partial charge in [0.15, 0.2) is 0 Å². The zero-order chi connectivity index (χ0) is 9.71. The number of nitriles is 2. The van der Waals surface area contributed by atoms with Crippen LogP contribution >= 0.6 is 0 Å². The molecule has 0 radical (unpaired) electrons. The van der Waals surface area contributed by atoms with Crippen molar-refractivity contribution < 1.29 is 0 Å². The van der Waals surface area contributed by atoms with E-state index >= 15 is 0 Å². The minimum absolute atomic E-state index is 0.0677. The van der Waals surface area contributed by atoms with E-state index in [0.717, 1.165) is 11.8 Å². The lowest BCUT2D eigenvalue weighted by molar-refractivity contribution is -0.110. The maximum Gasteiger partial charge on any atom is 0.0672 e. The molecule has 0 aliphatic heterocycles. The third-order valence-corrected chi connectivity index (χ3v) is 4.86. The van der Waals surface area contributed by atoms with Crippen LogP contribution < -0.4 is 0 Å². The van der Waals surface area contributed by atoms with Crippen molar-refractivity contribution in [2.45, 2.75) is 25.7 Å². The third kappa shape index (κ3) is 0.800. The highest BCUT2D eigenvalue weighted by Crippen LogP contribution is 2.62. The molecule has 2 nitrogen and oxygen atoms in total. The van der Waals surface area contributed by atoms with E-state index in [0.29, 0.717) is 11.8 Å². The first-order valence-corrected chi connectivity index (χ1v) is 5.66. The molecule has 0 aromatic rings. The highest BCUT2D eigenvalue weighted by Gasteiger charge is 2.60. The third-order valence-electron chi connectivity index (χ3n) is 4.86. The average Bonchev–Trinajstić information content (AvgIpc) is 2.20. The second-order valence-corrected chi connectivity index (χ2v) is 5.14. The van der Waals surface area contributed by atoms with Crippen LogP contribution in [0.2, 0.25) is 0 Å². The lowest BCUT2D eigenvalue weighted by Crippen LogP contribution is -2.57. The highest BCUT2D eigenvalue weighted by atomic mass is 14.6. The Morgan fingerprint density at radius 1 is 0.714 bits per heavy atom. The van der Waals surface area contributed by atoms with E-state index in [2.05, 4.69) is 12.1 Å². The fourth-order valence-corrected chi connectivity index (χ4v) is 4.27. The topological polar surface area (TPSA) is 47.6 Å². The van der Waals surface area contributed by atoms with Gasteiger partial charge < -0.3 is 0 Å². The van der Waals surface area contributed by atoms with E-state index in [-0.39, 0.29) is 11.8 Å². The van der Waals surface area contributed by atoms with E-state index in [1.807, 2.05) is 0 Å². The zero-order valence-electron chi connectivity index (χ0n) is 8.19. The molecule has 14 heavy (non-hydrogen) atoms. The summed E-state index contributed by atoms with van der Waals surface area (Å²) in [5.41, 5.74) is 0. The summed E-state index contributed by atoms with van der Waals surface area (Å²) in [5, 5.41) is 18.1. The molecule has 0 N–H and O–H groups in total. The van der Waals surface area contributed by atoms with Gasteiger partial charge in [0.1, 0.15) is 0 Å². The molecule has 0 aromatic heterocycles. The maximum atomic E-state index is 9.05. The van der Waals surface area contributed by atoms with Crippen LogP contribution in [0.25, 0.3) is 0 Å². The van der Waals surface area contributed by atoms with Gasteiger partial charge in [-0.15, -0.1) is 0 Å². The summed E-state index contributed by atoms with van der Waals surface area (Å²) in [6, 6.07) is 4.73. The van der Waals surface area contributed by atoms with Crippen molar-refractivity contribution in [3.63, 3.8) is 0 Å². The Balaban J connectivity index is 1.91. The number of fused-ring (bicyclic) bond motifs is 2. The molecule has 4 rings (SSSR count). The van der Waals surface area contributed by atoms with Crippen LogP contribution in [0.4, 0.5) is 0 Å². The van der Waals surface area contributed by atoms with Crippen molar-refractivity contribution in [3.05, 3.63) is 0 Å². The Labute approximate surface area is 84.5 Å². The van der Waals surface area contributed by atoms with Crippen LogP contribution in [0.15, 0.2) is 0 Å². The first-order chi connectivity index (χ1) is 6.86. The Morgan fingerprint density at radius 3 is 1.36 bits per heavy atom. The van der Waals surface area contributed by atoms with E-state index < -0.39 is 0 Å². The number of hydrogen-bond donors (Lipinski definition) is 0. The highest BCUT2D eigenvalue weighted by molar-refractivity contribution is 5.19. The van der Waals surface area contributed by atoms with Gasteiger partial charge >= 0.3 is 0 Å². The van der Waals surface area contributed by atoms with E-state index in [4.69, 9.17) is 10.5 Å². The van der Waals surface area contributed by atoms with Gasteiger partial charge in [-0.3, -0.25) is 0 Å². The average molecular weight is 186 g/mol. The van der Waals surface area contributed by atoms with E-state index in [1.54, 1.807) is 0 Å². The minimum atomic E-state index is 0.0677. The summed E-state index contributed by atoms with van der Waals surface area (Å²) in [5.74, 6) is 2.88. The quantitative estimate of drug-likeness (QED) is 0.583. The fraction of sp³-hybridized carbons (Fsp3) is 0.833. The molecule has 2 bridgehead atoms. The van der Waals surface area contributed by atoms with Crippen molar-refractivity contribution in [1.29, 1.82) is 10.5 Å². The van der Waals surface area contributed by atoms with Gasteiger partial charge in [-0.2, -0.15) is 10.5 Å². The summed E-state index contributed by atoms with van der Waals surface area (Å²) in [7, 11) is 0. The van der Waals surface area contributed by atoms with Gasteiger partial charge in [0.05, 0.1) is 24.0 Å². The second kappa shape index (κ2) is 2.74. The van der Waals surface area contributed by atoms with Gasteiger partial charge in [-0.1, -0.05) is 0 Å². The predicted molar refractivity (Wildman–Crippen MR) is 50.6 cm³/mol. The molecule has 4 atom stereocenters. The predicted octanol–water partition coefficient (Wildman–Crippen LogP) is 2.33. The normalized spacial score (nSPS) is 53.9. The Bertz CT molecular complexity index is 293. The van der Waals surface area contributed by atoms with Crippen LogP contribution in [-0.4, -0.2) is 0 Å². The molecule has 4 aliphatic carbocycles. The fourth-order valence-electron chi connectivity index (χ4n) is 4.27. The monoisotopic (exact) mass is 186 g/mol. The summed E-state index contributed by atoms with van der Waals surface area (Å²) < 4.78 is 0. The first kappa shape index (κ1) is 8.30. The largest absolute Gasteiger partial charge is 0.198 e. The molecule has 4 fully saturated rings. The van der Waals surface area contributed by atoms with Crippen LogP contribution in [0.1, 0.15) is 25.7 Å². The molecule has 2 heteroatoms. The van der Waals surface area contributed by atoms with E-state index in [9.17, 15) is 0 Å². The molecule has 4 aliphatic rings. The molecule has 0 heterocycles. The van der Waals surface area contributed by atoms with Crippen molar-refractivity contribution in [1.82, 2.24) is 0 Å². The SMILES string of the molecule is N#C[C@H]1[C@H](C#N)[C@@H]2C3CCC(CC3)[C@H]12. The molecule has 4 saturated carbocycles. The van der Waals surface area contributed by atoms with Crippen LogP contribution in [0.5, 0.6) is 0 Å². The van der Waals surface area contributed by atoms with Crippen molar-refractivity contribution in [3.8, 4) is 12.1 Å². The molecular formula is C12H14N2. The lowest BCUT2D eigenvalue weighted by Gasteiger charge is -2.59. The molecular weight excluding hydrogens is 172 g/mol. The summed E-state index contributed by atoms with van der Waals surface area (Å²) in [6.45, 7) is 0. The molecule has 0 spiro atoms. The molecule has 0 saturated heterocycles. The van der Waals surface area contributed by atoms with Crippen LogP contribution in [0, 0.1) is 58.2 Å². The second-order valence-electron chi connectivity index (χ2n) is 5.14. The summed E-state index contributed by atoms with van der Waals surface area (Å²) >= 11 is 0. The standard InChI is InChI=1S/C12H14N2/c13-5-9-10(6-14)12-8-2-1-7(3-4-8)11(9)12/h7-12H,1-4H2/t7?,8?,9-,10-,11-,12+/m0/s1. The number of nitrogens with zero attached hydrogens (tertiary/aromatic N) is 2. The lowest BCUT2D eigenvalue weighted by atomic mass is 9.42. The molecule has 0 amide bonds. The molecule has 72 valence electrons. The Morgan fingerprint density at radius 2 is 1.07 bits per heavy atom. The molecule has 0 unspecified atom stereocenters. The summed E-state index contributed by atoms with van der Waals surface area (Å²) in [4.78, 5) is 0. The van der Waals surface area contributed by atoms with Crippen molar-refractivity contribution >= 4 is 0 Å². The first-order valence-electron chi connectivity index (χ1n) is 5.66. The molecule has 0 aromatic carbocycles. The van der Waals surface area contributed by atoms with Gasteiger partial charge in [-0.05, 0) is 49.4 Å². The van der Waals surface area contributed by atoms with Crippen LogP contribution in [0.3, 0.4) is 0 Å². The minimum Gasteiger partial charge on any atom is -0.198 e. The van der Waals surface area contributed by atoms with Gasteiger partial charge in [-0.25, -0.2) is 0 Å². The van der Waals surface area contributed by atoms with Crippen molar-refractivity contribution in [2.75, 3.05) is 0 Å². The van der Waals surface area contributed by atoms with Gasteiger partial charge in [0, 0.05) is 0 Å². The Hall–Kier alpha value is -1.02. The zero-order valence-corrected chi connectivity index (χ0v) is 8.19. The number of rotatable bonds is 0. The van der Waals surface area contributed by atoms with Crippen molar-refractivity contribution in [2.24, 2.45) is 35.5 Å². The maximum absolute atomic E-state index is 9.05. The van der Waals surface area contributed by atoms with Crippen LogP contribution in [-0.2, 0) is 0 Å². The van der Waals surface area contributed by atoms with Gasteiger partial charge in [0.2, 0.25) is 0 Å². The summed E-state index contributed by atoms with van der Waals surface area (Å²) in [6.07, 6.45) is 5.29. The van der Waals surface area contributed by atoms with Gasteiger partial charge in [0.25, 0.3) is 0 Å². The number of hydrogen-bond acceptors (Lipinski definition) is 2. The Kier molecular flexibility index (Phi) is 1.62.